The third-order valence-corrected chi connectivity index (χ3v) is 7.65. The summed E-state index contributed by atoms with van der Waals surface area (Å²) in [4.78, 5) is 9.03. The number of hydrogen-bond acceptors (Lipinski definition) is 6. The number of halogens is 1. The van der Waals surface area contributed by atoms with Crippen LogP contribution in [0, 0.1) is 23.1 Å². The van der Waals surface area contributed by atoms with E-state index in [0.717, 1.165) is 37.8 Å². The Hall–Kier alpha value is -3.05. The van der Waals surface area contributed by atoms with Gasteiger partial charge in [-0.05, 0) is 68.0 Å². The number of fused-ring (bicyclic) bond motifs is 1. The molecule has 1 fully saturated rings. The molecule has 1 aliphatic rings. The molecule has 0 aliphatic heterocycles. The van der Waals surface area contributed by atoms with Gasteiger partial charge < -0.3 is 5.32 Å². The first-order valence-corrected chi connectivity index (χ1v) is 11.9. The number of hydrogen-bond donors (Lipinski definition) is 1. The third kappa shape index (κ3) is 4.37. The van der Waals surface area contributed by atoms with Gasteiger partial charge in [0.15, 0.2) is 11.1 Å². The molecule has 1 unspecified atom stereocenters. The van der Waals surface area contributed by atoms with Crippen LogP contribution in [0.25, 0.3) is 11.0 Å². The molecule has 1 aliphatic carbocycles. The molecule has 1 heterocycles. The number of nitriles is 1. The van der Waals surface area contributed by atoms with E-state index in [1.54, 1.807) is 18.2 Å². The highest BCUT2D eigenvalue weighted by atomic mass is 32.2. The SMILES string of the molecule is CC1CCC(Nc2nc3ccccc3nc2C(C#N)S(=O)(=O)c2ccc(F)cc2)CC1. The van der Waals surface area contributed by atoms with Crippen LogP contribution in [0.5, 0.6) is 0 Å². The number of sulfone groups is 1. The molecule has 3 aromatic rings. The topological polar surface area (TPSA) is 95.7 Å². The van der Waals surface area contributed by atoms with E-state index in [9.17, 15) is 18.1 Å². The van der Waals surface area contributed by atoms with Crippen molar-refractivity contribution in [2.45, 2.75) is 48.8 Å². The number of nitrogens with one attached hydrogen (secondary N) is 1. The molecule has 0 spiro atoms. The van der Waals surface area contributed by atoms with Crippen molar-refractivity contribution in [2.24, 2.45) is 5.92 Å². The predicted molar refractivity (Wildman–Crippen MR) is 117 cm³/mol. The molecule has 1 aromatic heterocycles. The second-order valence-corrected chi connectivity index (χ2v) is 10.1. The molecular formula is C23H23FN4O2S. The summed E-state index contributed by atoms with van der Waals surface area (Å²) in [6, 6.07) is 13.6. The lowest BCUT2D eigenvalue weighted by Gasteiger charge is -2.28. The van der Waals surface area contributed by atoms with Crippen LogP contribution in [-0.4, -0.2) is 24.4 Å². The number of rotatable bonds is 5. The normalized spacial score (nSPS) is 20.2. The molecular weight excluding hydrogens is 415 g/mol. The lowest BCUT2D eigenvalue weighted by atomic mass is 9.87. The van der Waals surface area contributed by atoms with Gasteiger partial charge in [-0.15, -0.1) is 0 Å². The Labute approximate surface area is 181 Å². The Kier molecular flexibility index (Phi) is 5.88. The van der Waals surface area contributed by atoms with Gasteiger partial charge in [-0.25, -0.2) is 22.8 Å². The number of benzene rings is 2. The number of nitrogens with zero attached hydrogens (tertiary/aromatic N) is 3. The summed E-state index contributed by atoms with van der Waals surface area (Å²) < 4.78 is 39.8. The Bertz CT molecular complexity index is 1230. The first kappa shape index (κ1) is 21.2. The van der Waals surface area contributed by atoms with Gasteiger partial charge in [-0.3, -0.25) is 0 Å². The van der Waals surface area contributed by atoms with Crippen LogP contribution in [0.3, 0.4) is 0 Å². The summed E-state index contributed by atoms with van der Waals surface area (Å²) in [5, 5.41) is 11.7. The van der Waals surface area contributed by atoms with E-state index in [-0.39, 0.29) is 16.6 Å². The number of aromatic nitrogens is 2. The van der Waals surface area contributed by atoms with Crippen molar-refractivity contribution >= 4 is 26.7 Å². The van der Waals surface area contributed by atoms with Gasteiger partial charge in [0, 0.05) is 6.04 Å². The zero-order valence-corrected chi connectivity index (χ0v) is 17.9. The van der Waals surface area contributed by atoms with Crippen LogP contribution in [-0.2, 0) is 9.84 Å². The summed E-state index contributed by atoms with van der Waals surface area (Å²) in [5.74, 6) is 0.424. The fraction of sp³-hybridized carbons (Fsp3) is 0.348. The molecule has 0 amide bonds. The maximum Gasteiger partial charge on any atom is 0.200 e. The smallest absolute Gasteiger partial charge is 0.200 e. The van der Waals surface area contributed by atoms with Crippen LogP contribution in [0.4, 0.5) is 10.2 Å². The maximum absolute atomic E-state index is 13.3. The van der Waals surface area contributed by atoms with Crippen molar-refractivity contribution in [3.05, 3.63) is 60.0 Å². The Morgan fingerprint density at radius 3 is 2.26 bits per heavy atom. The maximum atomic E-state index is 13.3. The third-order valence-electron chi connectivity index (χ3n) is 5.77. The molecule has 4 rings (SSSR count). The molecule has 160 valence electrons. The van der Waals surface area contributed by atoms with Gasteiger partial charge in [0.2, 0.25) is 9.84 Å². The monoisotopic (exact) mass is 438 g/mol. The van der Waals surface area contributed by atoms with Gasteiger partial charge in [0.05, 0.1) is 22.0 Å². The average molecular weight is 439 g/mol. The highest BCUT2D eigenvalue weighted by molar-refractivity contribution is 7.92. The summed E-state index contributed by atoms with van der Waals surface area (Å²) in [6.07, 6.45) is 4.03. The minimum absolute atomic E-state index is 0.0733. The zero-order valence-electron chi connectivity index (χ0n) is 17.1. The van der Waals surface area contributed by atoms with Crippen molar-refractivity contribution in [3.63, 3.8) is 0 Å². The van der Waals surface area contributed by atoms with Crippen molar-refractivity contribution in [1.82, 2.24) is 9.97 Å². The summed E-state index contributed by atoms with van der Waals surface area (Å²) >= 11 is 0. The van der Waals surface area contributed by atoms with Gasteiger partial charge >= 0.3 is 0 Å². The number of anilines is 1. The molecule has 8 heteroatoms. The fourth-order valence-electron chi connectivity index (χ4n) is 3.94. The first-order chi connectivity index (χ1) is 14.9. The molecule has 1 atom stereocenters. The quantitative estimate of drug-likeness (QED) is 0.575. The van der Waals surface area contributed by atoms with Crippen molar-refractivity contribution in [3.8, 4) is 6.07 Å². The largest absolute Gasteiger partial charge is 0.366 e. The van der Waals surface area contributed by atoms with Crippen LogP contribution in [0.15, 0.2) is 53.4 Å². The van der Waals surface area contributed by atoms with E-state index in [1.165, 1.54) is 12.1 Å². The van der Waals surface area contributed by atoms with Crippen LogP contribution < -0.4 is 5.32 Å². The lowest BCUT2D eigenvalue weighted by Crippen LogP contribution is -2.27. The summed E-state index contributed by atoms with van der Waals surface area (Å²) in [6.45, 7) is 2.22. The van der Waals surface area contributed by atoms with E-state index >= 15 is 0 Å². The Morgan fingerprint density at radius 2 is 1.65 bits per heavy atom. The molecule has 0 bridgehead atoms. The van der Waals surface area contributed by atoms with E-state index in [4.69, 9.17) is 0 Å². The molecule has 1 saturated carbocycles. The van der Waals surface area contributed by atoms with Crippen LogP contribution in [0.1, 0.15) is 43.6 Å². The van der Waals surface area contributed by atoms with Crippen molar-refractivity contribution in [1.29, 1.82) is 5.26 Å². The predicted octanol–water partition coefficient (Wildman–Crippen LogP) is 4.80. The number of para-hydroxylation sites is 2. The lowest BCUT2D eigenvalue weighted by molar-refractivity contribution is 0.360. The average Bonchev–Trinajstić information content (AvgIpc) is 2.76. The molecule has 31 heavy (non-hydrogen) atoms. The van der Waals surface area contributed by atoms with E-state index in [2.05, 4.69) is 22.2 Å². The second kappa shape index (κ2) is 8.60. The van der Waals surface area contributed by atoms with Crippen molar-refractivity contribution < 1.29 is 12.8 Å². The highest BCUT2D eigenvalue weighted by Crippen LogP contribution is 2.34. The highest BCUT2D eigenvalue weighted by Gasteiger charge is 2.34. The van der Waals surface area contributed by atoms with E-state index in [0.29, 0.717) is 22.8 Å². The van der Waals surface area contributed by atoms with Gasteiger partial charge in [-0.1, -0.05) is 19.1 Å². The summed E-state index contributed by atoms with van der Waals surface area (Å²) in [5.41, 5.74) is 1.20. The fourth-order valence-corrected chi connectivity index (χ4v) is 5.32. The minimum atomic E-state index is -4.13. The van der Waals surface area contributed by atoms with E-state index < -0.39 is 20.9 Å². The molecule has 0 radical (unpaired) electrons. The molecule has 0 saturated heterocycles. The van der Waals surface area contributed by atoms with Gasteiger partial charge in [0.25, 0.3) is 0 Å². The Morgan fingerprint density at radius 1 is 1.03 bits per heavy atom. The molecule has 6 nitrogen and oxygen atoms in total. The van der Waals surface area contributed by atoms with Crippen LogP contribution >= 0.6 is 0 Å². The van der Waals surface area contributed by atoms with Crippen LogP contribution in [0.2, 0.25) is 0 Å². The Balaban J connectivity index is 1.79. The van der Waals surface area contributed by atoms with Gasteiger partial charge in [-0.2, -0.15) is 5.26 Å². The first-order valence-electron chi connectivity index (χ1n) is 10.3. The second-order valence-electron chi connectivity index (χ2n) is 8.06. The zero-order chi connectivity index (χ0) is 22.0. The standard InChI is InChI=1S/C23H23FN4O2S/c1-15-6-10-17(11-7-15)26-23-22(27-19-4-2-3-5-20(19)28-23)21(14-25)31(29,30)18-12-8-16(24)9-13-18/h2-5,8-9,12-13,15,17,21H,6-7,10-11H2,1H3,(H,26,28). The molecule has 2 aromatic carbocycles. The summed E-state index contributed by atoms with van der Waals surface area (Å²) in [7, 11) is -4.13. The minimum Gasteiger partial charge on any atom is -0.366 e. The molecule has 1 N–H and O–H groups in total. The van der Waals surface area contributed by atoms with Crippen molar-refractivity contribution in [2.75, 3.05) is 5.32 Å². The van der Waals surface area contributed by atoms with E-state index in [1.807, 2.05) is 12.1 Å². The van der Waals surface area contributed by atoms with Gasteiger partial charge in [0.1, 0.15) is 11.5 Å².